The molecule has 98 valence electrons. The fraction of sp³-hybridized carbons (Fsp3) is 0.286. The first-order chi connectivity index (χ1) is 9.06. The van der Waals surface area contributed by atoms with Crippen molar-refractivity contribution in [3.63, 3.8) is 0 Å². The lowest BCUT2D eigenvalue weighted by Crippen LogP contribution is -1.99. The van der Waals surface area contributed by atoms with Crippen LogP contribution in [0.2, 0.25) is 0 Å². The van der Waals surface area contributed by atoms with Crippen LogP contribution in [-0.2, 0) is 6.54 Å². The quantitative estimate of drug-likeness (QED) is 0.720. The lowest BCUT2D eigenvalue weighted by Gasteiger charge is -2.01. The molecule has 0 spiro atoms. The normalized spacial score (nSPS) is 11.3. The molecule has 19 heavy (non-hydrogen) atoms. The van der Waals surface area contributed by atoms with Crippen molar-refractivity contribution in [2.45, 2.75) is 27.3 Å². The third-order valence-corrected chi connectivity index (χ3v) is 4.86. The number of rotatable bonds is 2. The molecule has 3 aromatic rings. The maximum absolute atomic E-state index is 5.42. The van der Waals surface area contributed by atoms with E-state index in [-0.39, 0.29) is 0 Å². The number of nitrogens with zero attached hydrogens (tertiary/aromatic N) is 2. The zero-order valence-corrected chi connectivity index (χ0v) is 12.8. The predicted octanol–water partition coefficient (Wildman–Crippen LogP) is 4.13. The van der Waals surface area contributed by atoms with Crippen molar-refractivity contribution in [3.8, 4) is 0 Å². The van der Waals surface area contributed by atoms with Crippen LogP contribution in [0.3, 0.4) is 0 Å². The fourth-order valence-corrected chi connectivity index (χ4v) is 3.50. The van der Waals surface area contributed by atoms with Gasteiger partial charge < -0.3 is 4.98 Å². The van der Waals surface area contributed by atoms with Crippen LogP contribution in [0.5, 0.6) is 0 Å². The molecule has 0 aliphatic heterocycles. The highest BCUT2D eigenvalue weighted by molar-refractivity contribution is 7.71. The Morgan fingerprint density at radius 3 is 2.79 bits per heavy atom. The number of hydrogen-bond donors (Lipinski definition) is 1. The highest BCUT2D eigenvalue weighted by Gasteiger charge is 2.09. The molecule has 3 rings (SSSR count). The first-order valence-electron chi connectivity index (χ1n) is 6.16. The third kappa shape index (κ3) is 2.13. The van der Waals surface area contributed by atoms with Crippen LogP contribution in [0.1, 0.15) is 20.9 Å². The number of pyridine rings is 1. The van der Waals surface area contributed by atoms with E-state index in [1.54, 1.807) is 0 Å². The molecule has 3 nitrogen and oxygen atoms in total. The highest BCUT2D eigenvalue weighted by atomic mass is 32.1. The maximum Gasteiger partial charge on any atom is 0.179 e. The highest BCUT2D eigenvalue weighted by Crippen LogP contribution is 2.23. The van der Waals surface area contributed by atoms with Crippen molar-refractivity contribution in [1.82, 2.24) is 14.5 Å². The minimum absolute atomic E-state index is 0.737. The Hall–Kier alpha value is -1.46. The van der Waals surface area contributed by atoms with E-state index < -0.39 is 0 Å². The summed E-state index contributed by atoms with van der Waals surface area (Å²) in [6.07, 6.45) is 1.84. The van der Waals surface area contributed by atoms with Gasteiger partial charge in [0.15, 0.2) is 10.4 Å². The number of nitrogens with one attached hydrogen (secondary N) is 1. The van der Waals surface area contributed by atoms with Crippen molar-refractivity contribution in [1.29, 1.82) is 0 Å². The molecule has 0 atom stereocenters. The van der Waals surface area contributed by atoms with Gasteiger partial charge in [0, 0.05) is 16.0 Å². The zero-order chi connectivity index (χ0) is 13.6. The summed E-state index contributed by atoms with van der Waals surface area (Å²) in [7, 11) is 0. The molecule has 0 unspecified atom stereocenters. The second kappa shape index (κ2) is 4.58. The molecule has 3 aromatic heterocycles. The molecule has 0 fully saturated rings. The molecule has 3 heterocycles. The van der Waals surface area contributed by atoms with Crippen LogP contribution in [0.25, 0.3) is 11.2 Å². The number of imidazole rings is 1. The second-order valence-electron chi connectivity index (χ2n) is 4.79. The molecule has 0 saturated carbocycles. The van der Waals surface area contributed by atoms with Crippen LogP contribution < -0.4 is 0 Å². The summed E-state index contributed by atoms with van der Waals surface area (Å²) in [4.78, 5) is 10.4. The molecule has 1 N–H and O–H groups in total. The minimum atomic E-state index is 0.737. The smallest absolute Gasteiger partial charge is 0.179 e. The van der Waals surface area contributed by atoms with Gasteiger partial charge in [0.05, 0.1) is 12.1 Å². The molecule has 0 radical (unpaired) electrons. The monoisotopic (exact) mass is 289 g/mol. The Morgan fingerprint density at radius 1 is 1.32 bits per heavy atom. The van der Waals surface area contributed by atoms with Gasteiger partial charge in [0.1, 0.15) is 0 Å². The van der Waals surface area contributed by atoms with Gasteiger partial charge in [0.25, 0.3) is 0 Å². The van der Waals surface area contributed by atoms with Crippen LogP contribution in [0.4, 0.5) is 0 Å². The van der Waals surface area contributed by atoms with Crippen LogP contribution in [-0.4, -0.2) is 14.5 Å². The first-order valence-corrected chi connectivity index (χ1v) is 7.39. The average molecular weight is 289 g/mol. The number of hydrogen-bond acceptors (Lipinski definition) is 3. The molecule has 0 aromatic carbocycles. The van der Waals surface area contributed by atoms with Gasteiger partial charge in [-0.2, -0.15) is 0 Å². The van der Waals surface area contributed by atoms with Gasteiger partial charge in [-0.15, -0.1) is 11.3 Å². The number of aromatic amines is 1. The van der Waals surface area contributed by atoms with Gasteiger partial charge >= 0.3 is 0 Å². The maximum atomic E-state index is 5.42. The van der Waals surface area contributed by atoms with E-state index in [1.165, 1.54) is 20.9 Å². The van der Waals surface area contributed by atoms with E-state index in [0.717, 1.165) is 22.5 Å². The number of fused-ring (bicyclic) bond motifs is 1. The van der Waals surface area contributed by atoms with Gasteiger partial charge in [0.2, 0.25) is 0 Å². The molecular weight excluding hydrogens is 274 g/mol. The zero-order valence-electron chi connectivity index (χ0n) is 11.2. The lowest BCUT2D eigenvalue weighted by atomic mass is 10.2. The Morgan fingerprint density at radius 2 is 2.11 bits per heavy atom. The number of H-pyrrole nitrogens is 1. The topological polar surface area (TPSA) is 33.6 Å². The SMILES string of the molecule is Cc1cc(Cn2c(=S)[nH]c3c(C)ccnc32)sc1C. The van der Waals surface area contributed by atoms with Crippen LogP contribution in [0.15, 0.2) is 18.3 Å². The number of aryl methyl sites for hydroxylation is 3. The van der Waals surface area contributed by atoms with Crippen molar-refractivity contribution in [2.75, 3.05) is 0 Å². The molecule has 0 amide bonds. The Kier molecular flexibility index (Phi) is 3.03. The largest absolute Gasteiger partial charge is 0.329 e. The Labute approximate surface area is 120 Å². The van der Waals surface area contributed by atoms with E-state index in [0.29, 0.717) is 0 Å². The summed E-state index contributed by atoms with van der Waals surface area (Å²) in [6.45, 7) is 7.15. The average Bonchev–Trinajstić information content (AvgIpc) is 2.84. The van der Waals surface area contributed by atoms with E-state index in [4.69, 9.17) is 12.2 Å². The van der Waals surface area contributed by atoms with E-state index in [2.05, 4.69) is 41.4 Å². The van der Waals surface area contributed by atoms with Gasteiger partial charge in [-0.25, -0.2) is 4.98 Å². The molecule has 0 aliphatic carbocycles. The minimum Gasteiger partial charge on any atom is -0.329 e. The van der Waals surface area contributed by atoms with Crippen LogP contribution >= 0.6 is 23.6 Å². The summed E-state index contributed by atoms with van der Waals surface area (Å²) >= 11 is 7.25. The summed E-state index contributed by atoms with van der Waals surface area (Å²) in [5, 5.41) is 0. The second-order valence-corrected chi connectivity index (χ2v) is 6.52. The third-order valence-electron chi connectivity index (χ3n) is 3.40. The van der Waals surface area contributed by atoms with Crippen molar-refractivity contribution >= 4 is 34.7 Å². The van der Waals surface area contributed by atoms with Crippen molar-refractivity contribution in [2.24, 2.45) is 0 Å². The van der Waals surface area contributed by atoms with Crippen molar-refractivity contribution < 1.29 is 0 Å². The fourth-order valence-electron chi connectivity index (χ4n) is 2.20. The molecule has 0 aliphatic rings. The van der Waals surface area contributed by atoms with E-state index >= 15 is 0 Å². The predicted molar refractivity (Wildman–Crippen MR) is 82.5 cm³/mol. The Balaban J connectivity index is 2.13. The van der Waals surface area contributed by atoms with Gasteiger partial charge in [-0.3, -0.25) is 4.57 Å². The van der Waals surface area contributed by atoms with Gasteiger partial charge in [-0.05, 0) is 56.2 Å². The molecular formula is C14H15N3S2. The summed E-state index contributed by atoms with van der Waals surface area (Å²) in [5.41, 5.74) is 4.50. The van der Waals surface area contributed by atoms with E-state index in [9.17, 15) is 0 Å². The first kappa shape index (κ1) is 12.6. The van der Waals surface area contributed by atoms with Crippen molar-refractivity contribution in [3.05, 3.63) is 44.0 Å². The summed E-state index contributed by atoms with van der Waals surface area (Å²) in [6, 6.07) is 4.23. The lowest BCUT2D eigenvalue weighted by molar-refractivity contribution is 0.812. The summed E-state index contributed by atoms with van der Waals surface area (Å²) < 4.78 is 2.81. The summed E-state index contributed by atoms with van der Waals surface area (Å²) in [5.74, 6) is 0. The molecule has 0 bridgehead atoms. The van der Waals surface area contributed by atoms with Crippen LogP contribution in [0, 0.1) is 25.5 Å². The number of aromatic nitrogens is 3. The Bertz CT molecular complexity index is 788. The van der Waals surface area contributed by atoms with E-state index in [1.807, 2.05) is 23.6 Å². The number of thiophene rings is 1. The van der Waals surface area contributed by atoms with Gasteiger partial charge in [-0.1, -0.05) is 0 Å². The standard InChI is InChI=1S/C14H15N3S2/c1-8-4-5-15-13-12(8)16-14(18)17(13)7-11-6-9(2)10(3)19-11/h4-6H,7H2,1-3H3,(H,16,18). The molecule has 5 heteroatoms. The molecule has 0 saturated heterocycles.